The van der Waals surface area contributed by atoms with Crippen molar-refractivity contribution in [3.05, 3.63) is 12.7 Å². The molecule has 4 heteroatoms. The van der Waals surface area contributed by atoms with Gasteiger partial charge in [-0.05, 0) is 13.0 Å². The fourth-order valence-electron chi connectivity index (χ4n) is 0.605. The zero-order chi connectivity index (χ0) is 8.85. The molecule has 0 radical (unpaired) electrons. The smallest absolute Gasteiger partial charge is 0.245 e. The summed E-state index contributed by atoms with van der Waals surface area (Å²) in [5.74, 6) is -0.446. The van der Waals surface area contributed by atoms with Crippen LogP contribution in [0.4, 0.5) is 0 Å². The molecule has 4 nitrogen and oxygen atoms in total. The van der Waals surface area contributed by atoms with Crippen molar-refractivity contribution in [1.29, 1.82) is 0 Å². The first-order chi connectivity index (χ1) is 5.06. The van der Waals surface area contributed by atoms with Crippen molar-refractivity contribution in [3.8, 4) is 0 Å². The van der Waals surface area contributed by atoms with Crippen LogP contribution in [0.1, 0.15) is 13.3 Å². The van der Waals surface area contributed by atoms with E-state index in [2.05, 4.69) is 11.9 Å². The van der Waals surface area contributed by atoms with E-state index in [4.69, 9.17) is 10.2 Å². The molecule has 0 aromatic carbocycles. The second kappa shape index (κ2) is 4.87. The number of aliphatic hydroxyl groups is 2. The van der Waals surface area contributed by atoms with Crippen molar-refractivity contribution in [2.75, 3.05) is 0 Å². The summed E-state index contributed by atoms with van der Waals surface area (Å²) in [6, 6.07) is 0. The van der Waals surface area contributed by atoms with Crippen LogP contribution < -0.4 is 5.32 Å². The fourth-order valence-corrected chi connectivity index (χ4v) is 0.605. The summed E-state index contributed by atoms with van der Waals surface area (Å²) in [5.41, 5.74) is 0. The average Bonchev–Trinajstić information content (AvgIpc) is 1.85. The summed E-state index contributed by atoms with van der Waals surface area (Å²) in [5, 5.41) is 20.0. The highest BCUT2D eigenvalue weighted by atomic mass is 16.3. The molecule has 11 heavy (non-hydrogen) atoms. The predicted octanol–water partition coefficient (Wildman–Crippen LogP) is -0.622. The Labute approximate surface area is 65.5 Å². The third kappa shape index (κ3) is 5.57. The summed E-state index contributed by atoms with van der Waals surface area (Å²) in [7, 11) is 0. The van der Waals surface area contributed by atoms with Gasteiger partial charge in [-0.3, -0.25) is 4.79 Å². The van der Waals surface area contributed by atoms with Gasteiger partial charge in [0, 0.05) is 6.42 Å². The molecule has 0 aliphatic rings. The largest absolute Gasteiger partial charge is 0.393 e. The van der Waals surface area contributed by atoms with Crippen molar-refractivity contribution < 1.29 is 15.0 Å². The molecular weight excluding hydrogens is 146 g/mol. The predicted molar refractivity (Wildman–Crippen MR) is 40.6 cm³/mol. The van der Waals surface area contributed by atoms with E-state index in [0.29, 0.717) is 0 Å². The molecule has 0 aromatic rings. The average molecular weight is 159 g/mol. The molecule has 0 saturated carbocycles. The molecule has 2 atom stereocenters. The lowest BCUT2D eigenvalue weighted by atomic mass is 10.2. The van der Waals surface area contributed by atoms with Crippen LogP contribution in [-0.2, 0) is 4.79 Å². The zero-order valence-corrected chi connectivity index (χ0v) is 6.45. The van der Waals surface area contributed by atoms with Crippen LogP contribution in [0, 0.1) is 0 Å². The van der Waals surface area contributed by atoms with E-state index in [-0.39, 0.29) is 6.42 Å². The zero-order valence-electron chi connectivity index (χ0n) is 6.45. The lowest BCUT2D eigenvalue weighted by molar-refractivity contribution is -0.119. The van der Waals surface area contributed by atoms with Gasteiger partial charge in [-0.15, -0.1) is 0 Å². The Morgan fingerprint density at radius 3 is 2.64 bits per heavy atom. The minimum absolute atomic E-state index is 0.125. The van der Waals surface area contributed by atoms with Crippen LogP contribution in [0.2, 0.25) is 0 Å². The topological polar surface area (TPSA) is 69.6 Å². The van der Waals surface area contributed by atoms with E-state index in [0.717, 1.165) is 6.08 Å². The number of hydrogen-bond donors (Lipinski definition) is 3. The number of amides is 1. The summed E-state index contributed by atoms with van der Waals surface area (Å²) in [6.07, 6.45) is -0.444. The van der Waals surface area contributed by atoms with Crippen LogP contribution in [0.5, 0.6) is 0 Å². The molecule has 0 aliphatic carbocycles. The number of hydrogen-bond acceptors (Lipinski definition) is 3. The highest BCUT2D eigenvalue weighted by Crippen LogP contribution is 1.93. The number of nitrogens with one attached hydrogen (secondary N) is 1. The highest BCUT2D eigenvalue weighted by Gasteiger charge is 2.08. The van der Waals surface area contributed by atoms with Crippen molar-refractivity contribution in [3.63, 3.8) is 0 Å². The lowest BCUT2D eigenvalue weighted by Crippen LogP contribution is -2.35. The second-order valence-corrected chi connectivity index (χ2v) is 2.31. The molecule has 0 rings (SSSR count). The van der Waals surface area contributed by atoms with E-state index in [1.54, 1.807) is 0 Å². The van der Waals surface area contributed by atoms with E-state index < -0.39 is 18.2 Å². The summed E-state index contributed by atoms with van der Waals surface area (Å²) in [6.45, 7) is 4.74. The number of carbonyl (C=O) groups excluding carboxylic acids is 1. The SMILES string of the molecule is C=CC(=O)NC(O)CC(C)O. The van der Waals surface area contributed by atoms with Crippen molar-refractivity contribution >= 4 is 5.91 Å². The van der Waals surface area contributed by atoms with Crippen LogP contribution in [0.15, 0.2) is 12.7 Å². The third-order valence-electron chi connectivity index (χ3n) is 1.06. The second-order valence-electron chi connectivity index (χ2n) is 2.31. The van der Waals surface area contributed by atoms with Crippen molar-refractivity contribution in [2.45, 2.75) is 25.7 Å². The molecule has 2 unspecified atom stereocenters. The van der Waals surface area contributed by atoms with Gasteiger partial charge in [-0.2, -0.15) is 0 Å². The Morgan fingerprint density at radius 2 is 2.27 bits per heavy atom. The molecular formula is C7H13NO3. The van der Waals surface area contributed by atoms with Crippen LogP contribution in [0.25, 0.3) is 0 Å². The Bertz CT molecular complexity index is 145. The van der Waals surface area contributed by atoms with Crippen LogP contribution in [-0.4, -0.2) is 28.5 Å². The third-order valence-corrected chi connectivity index (χ3v) is 1.06. The molecule has 3 N–H and O–H groups in total. The van der Waals surface area contributed by atoms with Gasteiger partial charge in [-0.25, -0.2) is 0 Å². The summed E-state index contributed by atoms with van der Waals surface area (Å²) in [4.78, 5) is 10.5. The van der Waals surface area contributed by atoms with E-state index in [1.165, 1.54) is 6.92 Å². The molecule has 64 valence electrons. The first-order valence-electron chi connectivity index (χ1n) is 3.35. The molecule has 0 fully saturated rings. The van der Waals surface area contributed by atoms with Gasteiger partial charge in [-0.1, -0.05) is 6.58 Å². The van der Waals surface area contributed by atoms with Crippen molar-refractivity contribution in [2.24, 2.45) is 0 Å². The molecule has 1 amide bonds. The van der Waals surface area contributed by atoms with Gasteiger partial charge in [0.2, 0.25) is 5.91 Å². The minimum atomic E-state index is -1.000. The normalized spacial score (nSPS) is 15.2. The van der Waals surface area contributed by atoms with Gasteiger partial charge >= 0.3 is 0 Å². The number of aliphatic hydroxyl groups excluding tert-OH is 2. The molecule has 0 saturated heterocycles. The number of rotatable bonds is 4. The first-order valence-corrected chi connectivity index (χ1v) is 3.35. The lowest BCUT2D eigenvalue weighted by Gasteiger charge is -2.12. The Hall–Kier alpha value is -0.870. The standard InChI is InChI=1S/C7H13NO3/c1-3-6(10)8-7(11)4-5(2)9/h3,5,7,9,11H,1,4H2,2H3,(H,8,10). The highest BCUT2D eigenvalue weighted by molar-refractivity contribution is 5.86. The molecule has 0 heterocycles. The Kier molecular flexibility index (Phi) is 4.49. The van der Waals surface area contributed by atoms with Crippen LogP contribution in [0.3, 0.4) is 0 Å². The van der Waals surface area contributed by atoms with Gasteiger partial charge in [0.05, 0.1) is 6.10 Å². The summed E-state index contributed by atoms with van der Waals surface area (Å²) >= 11 is 0. The Balaban J connectivity index is 3.59. The number of carbonyl (C=O) groups is 1. The van der Waals surface area contributed by atoms with Crippen molar-refractivity contribution in [1.82, 2.24) is 5.32 Å². The van der Waals surface area contributed by atoms with Gasteiger partial charge in [0.15, 0.2) is 0 Å². The van der Waals surface area contributed by atoms with Gasteiger partial charge in [0.1, 0.15) is 6.23 Å². The monoisotopic (exact) mass is 159 g/mol. The van der Waals surface area contributed by atoms with Gasteiger partial charge < -0.3 is 15.5 Å². The van der Waals surface area contributed by atoms with E-state index >= 15 is 0 Å². The maximum absolute atomic E-state index is 10.5. The van der Waals surface area contributed by atoms with E-state index in [9.17, 15) is 4.79 Å². The minimum Gasteiger partial charge on any atom is -0.393 e. The quantitative estimate of drug-likeness (QED) is 0.378. The molecule has 0 aliphatic heterocycles. The molecule has 0 bridgehead atoms. The fraction of sp³-hybridized carbons (Fsp3) is 0.571. The Morgan fingerprint density at radius 1 is 1.73 bits per heavy atom. The maximum atomic E-state index is 10.5. The van der Waals surface area contributed by atoms with Gasteiger partial charge in [0.25, 0.3) is 0 Å². The van der Waals surface area contributed by atoms with Crippen LogP contribution >= 0.6 is 0 Å². The van der Waals surface area contributed by atoms with E-state index in [1.807, 2.05) is 0 Å². The molecule has 0 aromatic heterocycles. The molecule has 0 spiro atoms. The summed E-state index contributed by atoms with van der Waals surface area (Å²) < 4.78 is 0. The maximum Gasteiger partial charge on any atom is 0.245 e. The first kappa shape index (κ1) is 10.1.